The summed E-state index contributed by atoms with van der Waals surface area (Å²) in [6, 6.07) is -0.225. The number of aliphatic carboxylic acids is 1. The number of nitrogens with zero attached hydrogens (tertiary/aromatic N) is 1. The third-order valence-electron chi connectivity index (χ3n) is 2.74. The molecule has 0 heterocycles. The van der Waals surface area contributed by atoms with Crippen molar-refractivity contribution in [3.8, 4) is 0 Å². The third kappa shape index (κ3) is 7.49. The second-order valence-electron chi connectivity index (χ2n) is 5.09. The smallest absolute Gasteiger partial charge is 0.317 e. The van der Waals surface area contributed by atoms with E-state index in [0.717, 1.165) is 6.42 Å². The van der Waals surface area contributed by atoms with Crippen molar-refractivity contribution < 1.29 is 14.7 Å². The van der Waals surface area contributed by atoms with E-state index in [1.807, 2.05) is 20.8 Å². The van der Waals surface area contributed by atoms with Gasteiger partial charge in [-0.25, -0.2) is 4.79 Å². The van der Waals surface area contributed by atoms with Crippen LogP contribution in [0.15, 0.2) is 12.7 Å². The number of carbonyl (C=O) groups excluding carboxylic acids is 1. The van der Waals surface area contributed by atoms with Crippen molar-refractivity contribution in [2.75, 3.05) is 19.6 Å². The molecule has 110 valence electrons. The molecule has 0 fully saturated rings. The maximum absolute atomic E-state index is 11.9. The Labute approximate surface area is 115 Å². The van der Waals surface area contributed by atoms with Crippen LogP contribution in [0.1, 0.15) is 33.6 Å². The predicted octanol–water partition coefficient (Wildman–Crippen LogP) is 2.34. The minimum Gasteiger partial charge on any atom is -0.481 e. The Bertz CT molecular complexity index is 303. The van der Waals surface area contributed by atoms with Gasteiger partial charge in [0, 0.05) is 19.6 Å². The lowest BCUT2D eigenvalue weighted by Crippen LogP contribution is -2.43. The van der Waals surface area contributed by atoms with E-state index in [1.54, 1.807) is 11.0 Å². The predicted molar refractivity (Wildman–Crippen MR) is 76.0 cm³/mol. The fraction of sp³-hybridized carbons (Fsp3) is 0.714. The van der Waals surface area contributed by atoms with E-state index >= 15 is 0 Å². The fourth-order valence-electron chi connectivity index (χ4n) is 1.86. The lowest BCUT2D eigenvalue weighted by Gasteiger charge is -2.22. The average molecular weight is 270 g/mol. The summed E-state index contributed by atoms with van der Waals surface area (Å²) in [5.41, 5.74) is 0. The van der Waals surface area contributed by atoms with Gasteiger partial charge in [-0.05, 0) is 18.8 Å². The van der Waals surface area contributed by atoms with Crippen molar-refractivity contribution in [1.82, 2.24) is 10.2 Å². The Morgan fingerprint density at radius 3 is 2.47 bits per heavy atom. The van der Waals surface area contributed by atoms with Gasteiger partial charge in [-0.15, -0.1) is 6.58 Å². The molecule has 1 atom stereocenters. The summed E-state index contributed by atoms with van der Waals surface area (Å²) in [5.74, 6) is -1.10. The number of urea groups is 1. The fourth-order valence-corrected chi connectivity index (χ4v) is 1.86. The summed E-state index contributed by atoms with van der Waals surface area (Å²) in [4.78, 5) is 24.6. The topological polar surface area (TPSA) is 69.6 Å². The zero-order valence-corrected chi connectivity index (χ0v) is 12.2. The molecule has 5 heteroatoms. The molecule has 1 unspecified atom stereocenters. The van der Waals surface area contributed by atoms with E-state index < -0.39 is 11.9 Å². The van der Waals surface area contributed by atoms with Crippen LogP contribution in [0, 0.1) is 11.8 Å². The molecule has 0 aromatic heterocycles. The van der Waals surface area contributed by atoms with Crippen LogP contribution in [-0.4, -0.2) is 41.6 Å². The molecule has 0 aliphatic rings. The number of rotatable bonds is 9. The number of hydrogen-bond acceptors (Lipinski definition) is 2. The van der Waals surface area contributed by atoms with Gasteiger partial charge in [-0.1, -0.05) is 26.8 Å². The first-order valence-corrected chi connectivity index (χ1v) is 6.78. The first-order valence-electron chi connectivity index (χ1n) is 6.78. The van der Waals surface area contributed by atoms with E-state index in [-0.39, 0.29) is 18.5 Å². The molecule has 5 nitrogen and oxygen atoms in total. The Morgan fingerprint density at radius 2 is 2.05 bits per heavy atom. The van der Waals surface area contributed by atoms with Crippen LogP contribution in [0.3, 0.4) is 0 Å². The van der Waals surface area contributed by atoms with E-state index in [0.29, 0.717) is 19.5 Å². The average Bonchev–Trinajstić information content (AvgIpc) is 2.33. The Balaban J connectivity index is 4.35. The first-order chi connectivity index (χ1) is 8.92. The SMILES string of the molecule is C=CCN(CCC)C(=O)NCC(CC(C)C)C(=O)O. The van der Waals surface area contributed by atoms with E-state index in [9.17, 15) is 9.59 Å². The number of nitrogens with one attached hydrogen (secondary N) is 1. The zero-order chi connectivity index (χ0) is 14.8. The zero-order valence-electron chi connectivity index (χ0n) is 12.2. The molecule has 0 spiro atoms. The van der Waals surface area contributed by atoms with Gasteiger partial charge >= 0.3 is 12.0 Å². The highest BCUT2D eigenvalue weighted by Gasteiger charge is 2.20. The Morgan fingerprint density at radius 1 is 1.42 bits per heavy atom. The molecule has 19 heavy (non-hydrogen) atoms. The Kier molecular flexibility index (Phi) is 8.66. The molecular formula is C14H26N2O3. The molecule has 0 saturated heterocycles. The molecule has 2 N–H and O–H groups in total. The summed E-state index contributed by atoms with van der Waals surface area (Å²) in [5, 5.41) is 11.8. The number of hydrogen-bond donors (Lipinski definition) is 2. The second kappa shape index (κ2) is 9.42. The second-order valence-corrected chi connectivity index (χ2v) is 5.09. The summed E-state index contributed by atoms with van der Waals surface area (Å²) in [6.45, 7) is 10.8. The van der Waals surface area contributed by atoms with Crippen molar-refractivity contribution in [1.29, 1.82) is 0 Å². The monoisotopic (exact) mass is 270 g/mol. The van der Waals surface area contributed by atoms with Crippen LogP contribution >= 0.6 is 0 Å². The highest BCUT2D eigenvalue weighted by molar-refractivity contribution is 5.76. The van der Waals surface area contributed by atoms with Crippen LogP contribution in [0.5, 0.6) is 0 Å². The van der Waals surface area contributed by atoms with Crippen molar-refractivity contribution >= 4 is 12.0 Å². The lowest BCUT2D eigenvalue weighted by atomic mass is 9.97. The van der Waals surface area contributed by atoms with Crippen LogP contribution in [0.4, 0.5) is 4.79 Å². The third-order valence-corrected chi connectivity index (χ3v) is 2.74. The molecule has 0 aromatic carbocycles. The van der Waals surface area contributed by atoms with Crippen LogP contribution in [0.2, 0.25) is 0 Å². The molecule has 0 aliphatic carbocycles. The van der Waals surface area contributed by atoms with Gasteiger partial charge in [-0.3, -0.25) is 4.79 Å². The van der Waals surface area contributed by atoms with Gasteiger partial charge in [-0.2, -0.15) is 0 Å². The van der Waals surface area contributed by atoms with Crippen molar-refractivity contribution in [3.05, 3.63) is 12.7 Å². The molecule has 2 amide bonds. The number of amides is 2. The highest BCUT2D eigenvalue weighted by atomic mass is 16.4. The van der Waals surface area contributed by atoms with Gasteiger partial charge < -0.3 is 15.3 Å². The van der Waals surface area contributed by atoms with E-state index in [1.165, 1.54) is 0 Å². The van der Waals surface area contributed by atoms with E-state index in [2.05, 4.69) is 11.9 Å². The van der Waals surface area contributed by atoms with Crippen LogP contribution in [-0.2, 0) is 4.79 Å². The maximum atomic E-state index is 11.9. The van der Waals surface area contributed by atoms with Gasteiger partial charge in [0.25, 0.3) is 0 Å². The molecule has 0 aromatic rings. The summed E-state index contributed by atoms with van der Waals surface area (Å²) in [6.07, 6.45) is 3.08. The lowest BCUT2D eigenvalue weighted by molar-refractivity contribution is -0.142. The van der Waals surface area contributed by atoms with Crippen LogP contribution in [0.25, 0.3) is 0 Å². The van der Waals surface area contributed by atoms with Gasteiger partial charge in [0.15, 0.2) is 0 Å². The summed E-state index contributed by atoms with van der Waals surface area (Å²) < 4.78 is 0. The standard InChI is InChI=1S/C14H26N2O3/c1-5-7-16(8-6-2)14(19)15-10-12(13(17)18)9-11(3)4/h5,11-12H,1,6-10H2,2-4H3,(H,15,19)(H,17,18). The van der Waals surface area contributed by atoms with Crippen LogP contribution < -0.4 is 5.32 Å². The minimum absolute atomic E-state index is 0.170. The van der Waals surface area contributed by atoms with Gasteiger partial charge in [0.2, 0.25) is 0 Å². The maximum Gasteiger partial charge on any atom is 0.317 e. The number of carboxylic acids is 1. The number of carboxylic acid groups (broad SMARTS) is 1. The van der Waals surface area contributed by atoms with Crippen molar-refractivity contribution in [3.63, 3.8) is 0 Å². The minimum atomic E-state index is -0.861. The molecule has 0 aliphatic heterocycles. The largest absolute Gasteiger partial charge is 0.481 e. The quantitative estimate of drug-likeness (QED) is 0.632. The molecule has 0 rings (SSSR count). The van der Waals surface area contributed by atoms with Gasteiger partial charge in [0.1, 0.15) is 0 Å². The number of carbonyl (C=O) groups is 2. The molecule has 0 bridgehead atoms. The summed E-state index contributed by atoms with van der Waals surface area (Å²) in [7, 11) is 0. The Hall–Kier alpha value is -1.52. The van der Waals surface area contributed by atoms with E-state index in [4.69, 9.17) is 5.11 Å². The molecule has 0 saturated carbocycles. The van der Waals surface area contributed by atoms with Crippen molar-refractivity contribution in [2.24, 2.45) is 11.8 Å². The normalized spacial score (nSPS) is 12.0. The molecule has 0 radical (unpaired) electrons. The highest BCUT2D eigenvalue weighted by Crippen LogP contribution is 2.11. The molecular weight excluding hydrogens is 244 g/mol. The first kappa shape index (κ1) is 17.5. The summed E-state index contributed by atoms with van der Waals surface area (Å²) >= 11 is 0. The van der Waals surface area contributed by atoms with Crippen molar-refractivity contribution in [2.45, 2.75) is 33.6 Å². The van der Waals surface area contributed by atoms with Gasteiger partial charge in [0.05, 0.1) is 5.92 Å².